The van der Waals surface area contributed by atoms with Gasteiger partial charge in [0.1, 0.15) is 0 Å². The first-order chi connectivity index (χ1) is 15.6. The van der Waals surface area contributed by atoms with Crippen molar-refractivity contribution in [2.75, 3.05) is 13.1 Å². The molecule has 1 saturated heterocycles. The summed E-state index contributed by atoms with van der Waals surface area (Å²) in [4.78, 5) is 28.3. The fourth-order valence-electron chi connectivity index (χ4n) is 4.50. The minimum atomic E-state index is -0.236. The number of likely N-dealkylation sites (tertiary alicyclic amines) is 1. The van der Waals surface area contributed by atoms with Crippen LogP contribution in [0, 0.1) is 5.92 Å². The molecule has 3 atom stereocenters. The Morgan fingerprint density at radius 1 is 0.875 bits per heavy atom. The summed E-state index contributed by atoms with van der Waals surface area (Å²) in [6.07, 6.45) is 1.10. The van der Waals surface area contributed by atoms with Crippen LogP contribution in [-0.4, -0.2) is 29.8 Å². The van der Waals surface area contributed by atoms with E-state index in [1.165, 1.54) is 5.56 Å². The van der Waals surface area contributed by atoms with E-state index in [1.54, 1.807) is 0 Å². The Morgan fingerprint density at radius 3 is 2.12 bits per heavy atom. The molecule has 0 bridgehead atoms. The lowest BCUT2D eigenvalue weighted by molar-refractivity contribution is -0.136. The second-order valence-corrected chi connectivity index (χ2v) is 8.64. The lowest BCUT2D eigenvalue weighted by Crippen LogP contribution is -2.48. The van der Waals surface area contributed by atoms with Gasteiger partial charge in [0, 0.05) is 19.0 Å². The van der Waals surface area contributed by atoms with Crippen molar-refractivity contribution in [1.82, 2.24) is 10.2 Å². The number of hydrogen-bond acceptors (Lipinski definition) is 2. The van der Waals surface area contributed by atoms with Crippen LogP contribution < -0.4 is 5.32 Å². The Labute approximate surface area is 190 Å². The van der Waals surface area contributed by atoms with E-state index in [9.17, 15) is 9.59 Å². The van der Waals surface area contributed by atoms with Crippen molar-refractivity contribution < 1.29 is 9.59 Å². The van der Waals surface area contributed by atoms with Crippen molar-refractivity contribution in [1.29, 1.82) is 0 Å². The minimum absolute atomic E-state index is 0.0134. The molecule has 0 aromatic heterocycles. The molecule has 0 saturated carbocycles. The third-order valence-corrected chi connectivity index (χ3v) is 6.30. The van der Waals surface area contributed by atoms with Crippen molar-refractivity contribution >= 4 is 11.8 Å². The molecule has 1 aliphatic heterocycles. The Balaban J connectivity index is 1.50. The third-order valence-electron chi connectivity index (χ3n) is 6.30. The van der Waals surface area contributed by atoms with Gasteiger partial charge >= 0.3 is 0 Å². The van der Waals surface area contributed by atoms with Crippen LogP contribution in [0.1, 0.15) is 42.0 Å². The monoisotopic (exact) mass is 426 g/mol. The predicted molar refractivity (Wildman–Crippen MR) is 127 cm³/mol. The van der Waals surface area contributed by atoms with Gasteiger partial charge in [0.05, 0.1) is 18.4 Å². The zero-order valence-electron chi connectivity index (χ0n) is 18.5. The molecule has 1 heterocycles. The third kappa shape index (κ3) is 5.44. The summed E-state index contributed by atoms with van der Waals surface area (Å²) in [5, 5.41) is 3.17. The van der Waals surface area contributed by atoms with Gasteiger partial charge in [-0.25, -0.2) is 0 Å². The van der Waals surface area contributed by atoms with E-state index >= 15 is 0 Å². The van der Waals surface area contributed by atoms with Gasteiger partial charge in [-0.15, -0.1) is 0 Å². The van der Waals surface area contributed by atoms with E-state index in [0.717, 1.165) is 17.5 Å². The van der Waals surface area contributed by atoms with Gasteiger partial charge in [-0.1, -0.05) is 91.0 Å². The van der Waals surface area contributed by atoms with E-state index in [1.807, 2.05) is 90.7 Å². The number of hydrogen-bond donors (Lipinski definition) is 1. The van der Waals surface area contributed by atoms with E-state index in [-0.39, 0.29) is 29.7 Å². The fourth-order valence-corrected chi connectivity index (χ4v) is 4.50. The summed E-state index contributed by atoms with van der Waals surface area (Å²) in [6, 6.07) is 29.9. The van der Waals surface area contributed by atoms with Crippen molar-refractivity contribution in [2.24, 2.45) is 5.92 Å². The van der Waals surface area contributed by atoms with E-state index in [2.05, 4.69) is 17.4 Å². The number of carbonyl (C=O) groups excluding carboxylic acids is 2. The molecule has 4 nitrogen and oxygen atoms in total. The maximum Gasteiger partial charge on any atom is 0.227 e. The summed E-state index contributed by atoms with van der Waals surface area (Å²) in [5.74, 6) is -0.00229. The Hall–Kier alpha value is -3.40. The molecular weight excluding hydrogens is 396 g/mol. The molecule has 0 spiro atoms. The number of nitrogens with zero attached hydrogens (tertiary/aromatic N) is 1. The van der Waals surface area contributed by atoms with Gasteiger partial charge in [0.2, 0.25) is 11.8 Å². The van der Waals surface area contributed by atoms with Gasteiger partial charge in [-0.2, -0.15) is 0 Å². The maximum absolute atomic E-state index is 13.2. The van der Waals surface area contributed by atoms with Crippen molar-refractivity contribution in [2.45, 2.75) is 31.7 Å². The van der Waals surface area contributed by atoms with Crippen LogP contribution in [-0.2, 0) is 16.0 Å². The van der Waals surface area contributed by atoms with Crippen LogP contribution in [0.2, 0.25) is 0 Å². The molecule has 2 amide bonds. The second kappa shape index (κ2) is 10.3. The number of rotatable bonds is 6. The highest BCUT2D eigenvalue weighted by Gasteiger charge is 2.34. The first kappa shape index (κ1) is 21.8. The molecule has 3 aromatic carbocycles. The number of piperidine rings is 1. The van der Waals surface area contributed by atoms with Crippen LogP contribution in [0.5, 0.6) is 0 Å². The SMILES string of the molecule is CC(NC(=O)C1CC(c2ccccc2)CN(C(=O)Cc2ccccc2)C1)c1ccccc1. The lowest BCUT2D eigenvalue weighted by atomic mass is 9.83. The first-order valence-corrected chi connectivity index (χ1v) is 11.3. The zero-order valence-corrected chi connectivity index (χ0v) is 18.5. The number of benzene rings is 3. The average molecular weight is 427 g/mol. The average Bonchev–Trinajstić information content (AvgIpc) is 2.85. The highest BCUT2D eigenvalue weighted by molar-refractivity contribution is 5.83. The van der Waals surface area contributed by atoms with Crippen molar-refractivity contribution in [3.8, 4) is 0 Å². The second-order valence-electron chi connectivity index (χ2n) is 8.64. The molecule has 4 heteroatoms. The van der Waals surface area contributed by atoms with Gasteiger partial charge in [0.15, 0.2) is 0 Å². The van der Waals surface area contributed by atoms with Crippen LogP contribution in [0.25, 0.3) is 0 Å². The van der Waals surface area contributed by atoms with Gasteiger partial charge in [-0.05, 0) is 30.0 Å². The molecule has 32 heavy (non-hydrogen) atoms. The maximum atomic E-state index is 13.2. The molecular formula is C28H30N2O2. The molecule has 3 aromatic rings. The first-order valence-electron chi connectivity index (χ1n) is 11.3. The summed E-state index contributed by atoms with van der Waals surface area (Å²) in [7, 11) is 0. The van der Waals surface area contributed by atoms with Gasteiger partial charge in [0.25, 0.3) is 0 Å². The molecule has 4 rings (SSSR count). The lowest BCUT2D eigenvalue weighted by Gasteiger charge is -2.38. The normalized spacial score (nSPS) is 19.2. The van der Waals surface area contributed by atoms with Gasteiger partial charge < -0.3 is 10.2 Å². The number of nitrogens with one attached hydrogen (secondary N) is 1. The Morgan fingerprint density at radius 2 is 1.47 bits per heavy atom. The summed E-state index contributed by atoms with van der Waals surface area (Å²) in [5.41, 5.74) is 3.25. The molecule has 1 fully saturated rings. The highest BCUT2D eigenvalue weighted by atomic mass is 16.2. The molecule has 1 aliphatic rings. The van der Waals surface area contributed by atoms with Gasteiger partial charge in [-0.3, -0.25) is 9.59 Å². The van der Waals surface area contributed by atoms with E-state index < -0.39 is 0 Å². The van der Waals surface area contributed by atoms with Crippen LogP contribution >= 0.6 is 0 Å². The highest BCUT2D eigenvalue weighted by Crippen LogP contribution is 2.31. The molecule has 1 N–H and O–H groups in total. The smallest absolute Gasteiger partial charge is 0.227 e. The summed E-state index contributed by atoms with van der Waals surface area (Å²) in [6.45, 7) is 3.11. The Bertz CT molecular complexity index is 1020. The zero-order chi connectivity index (χ0) is 22.3. The molecule has 3 unspecified atom stereocenters. The molecule has 164 valence electrons. The standard InChI is InChI=1S/C28H30N2O2/c1-21(23-13-7-3-8-14-23)29-28(32)26-18-25(24-15-9-4-10-16-24)19-30(20-26)27(31)17-22-11-5-2-6-12-22/h2-16,21,25-26H,17-20H2,1H3,(H,29,32). The van der Waals surface area contributed by atoms with Crippen LogP contribution in [0.4, 0.5) is 0 Å². The number of amides is 2. The largest absolute Gasteiger partial charge is 0.349 e. The van der Waals surface area contributed by atoms with Crippen LogP contribution in [0.3, 0.4) is 0 Å². The van der Waals surface area contributed by atoms with Crippen molar-refractivity contribution in [3.05, 3.63) is 108 Å². The van der Waals surface area contributed by atoms with Crippen molar-refractivity contribution in [3.63, 3.8) is 0 Å². The van der Waals surface area contributed by atoms with E-state index in [4.69, 9.17) is 0 Å². The topological polar surface area (TPSA) is 49.4 Å². The summed E-state index contributed by atoms with van der Waals surface area (Å²) < 4.78 is 0. The molecule has 0 aliphatic carbocycles. The Kier molecular flexibility index (Phi) is 7.00. The fraction of sp³-hybridized carbons (Fsp3) is 0.286. The predicted octanol–water partition coefficient (Wildman–Crippen LogP) is 4.74. The van der Waals surface area contributed by atoms with E-state index in [0.29, 0.717) is 19.5 Å². The quantitative estimate of drug-likeness (QED) is 0.619. The van der Waals surface area contributed by atoms with Crippen LogP contribution in [0.15, 0.2) is 91.0 Å². The molecule has 0 radical (unpaired) electrons. The number of carbonyl (C=O) groups is 2. The summed E-state index contributed by atoms with van der Waals surface area (Å²) >= 11 is 0. The minimum Gasteiger partial charge on any atom is -0.349 e.